The van der Waals surface area contributed by atoms with Crippen LogP contribution >= 0.6 is 0 Å². The van der Waals surface area contributed by atoms with Crippen molar-refractivity contribution in [2.24, 2.45) is 5.92 Å². The van der Waals surface area contributed by atoms with Crippen molar-refractivity contribution in [3.8, 4) is 0 Å². The van der Waals surface area contributed by atoms with Gasteiger partial charge in [0.15, 0.2) is 0 Å². The monoisotopic (exact) mass is 267 g/mol. The SMILES string of the molecule is Cc1cccc(S(=O)(=O)NC2CCCCC2C)c1. The molecule has 18 heavy (non-hydrogen) atoms. The number of hydrogen-bond acceptors (Lipinski definition) is 2. The summed E-state index contributed by atoms with van der Waals surface area (Å²) < 4.78 is 27.4. The molecule has 2 unspecified atom stereocenters. The number of benzene rings is 1. The molecule has 0 spiro atoms. The van der Waals surface area contributed by atoms with E-state index >= 15 is 0 Å². The maximum atomic E-state index is 12.3. The van der Waals surface area contributed by atoms with Crippen molar-refractivity contribution in [1.82, 2.24) is 4.72 Å². The summed E-state index contributed by atoms with van der Waals surface area (Å²) >= 11 is 0. The molecule has 2 rings (SSSR count). The second kappa shape index (κ2) is 5.41. The predicted molar refractivity (Wildman–Crippen MR) is 72.9 cm³/mol. The maximum Gasteiger partial charge on any atom is 0.240 e. The molecule has 0 aliphatic heterocycles. The van der Waals surface area contributed by atoms with Gasteiger partial charge < -0.3 is 0 Å². The molecule has 0 saturated heterocycles. The maximum absolute atomic E-state index is 12.3. The molecule has 0 radical (unpaired) electrons. The summed E-state index contributed by atoms with van der Waals surface area (Å²) in [6, 6.07) is 7.15. The highest BCUT2D eigenvalue weighted by molar-refractivity contribution is 7.89. The summed E-state index contributed by atoms with van der Waals surface area (Å²) in [5.74, 6) is 0.429. The Kier molecular flexibility index (Phi) is 4.07. The van der Waals surface area contributed by atoms with Crippen LogP contribution in [0, 0.1) is 12.8 Å². The van der Waals surface area contributed by atoms with Crippen molar-refractivity contribution < 1.29 is 8.42 Å². The van der Waals surface area contributed by atoms with Crippen molar-refractivity contribution in [2.75, 3.05) is 0 Å². The minimum Gasteiger partial charge on any atom is -0.208 e. The lowest BCUT2D eigenvalue weighted by molar-refractivity contribution is 0.310. The highest BCUT2D eigenvalue weighted by atomic mass is 32.2. The Morgan fingerprint density at radius 3 is 2.61 bits per heavy atom. The van der Waals surface area contributed by atoms with Crippen LogP contribution in [-0.2, 0) is 10.0 Å². The highest BCUT2D eigenvalue weighted by Crippen LogP contribution is 2.25. The third kappa shape index (κ3) is 3.12. The molecule has 100 valence electrons. The molecule has 0 bridgehead atoms. The predicted octanol–water partition coefficient (Wildman–Crippen LogP) is 2.85. The third-order valence-corrected chi connectivity index (χ3v) is 5.21. The molecule has 4 heteroatoms. The van der Waals surface area contributed by atoms with E-state index in [4.69, 9.17) is 0 Å². The average Bonchev–Trinajstić information content (AvgIpc) is 2.32. The van der Waals surface area contributed by atoms with Gasteiger partial charge in [0.1, 0.15) is 0 Å². The van der Waals surface area contributed by atoms with E-state index in [1.165, 1.54) is 6.42 Å². The van der Waals surface area contributed by atoms with Crippen LogP contribution in [0.4, 0.5) is 0 Å². The zero-order valence-corrected chi connectivity index (χ0v) is 11.8. The van der Waals surface area contributed by atoms with Gasteiger partial charge in [-0.15, -0.1) is 0 Å². The molecule has 1 fully saturated rings. The standard InChI is InChI=1S/C14H21NO2S/c1-11-6-5-8-13(10-11)18(16,17)15-14-9-4-3-7-12(14)2/h5-6,8,10,12,14-15H,3-4,7,9H2,1-2H3. The second-order valence-electron chi connectivity index (χ2n) is 5.31. The molecule has 1 aromatic carbocycles. The smallest absolute Gasteiger partial charge is 0.208 e. The lowest BCUT2D eigenvalue weighted by Gasteiger charge is -2.29. The van der Waals surface area contributed by atoms with E-state index in [1.807, 2.05) is 13.0 Å². The number of aryl methyl sites for hydroxylation is 1. The molecule has 0 aromatic heterocycles. The highest BCUT2D eigenvalue weighted by Gasteiger charge is 2.26. The van der Waals surface area contributed by atoms with Gasteiger partial charge >= 0.3 is 0 Å². The van der Waals surface area contributed by atoms with Crippen LogP contribution in [0.5, 0.6) is 0 Å². The zero-order valence-electron chi connectivity index (χ0n) is 11.0. The Balaban J connectivity index is 2.16. The van der Waals surface area contributed by atoms with Crippen LogP contribution in [0.15, 0.2) is 29.2 Å². The van der Waals surface area contributed by atoms with Crippen molar-refractivity contribution in [2.45, 2.75) is 50.5 Å². The summed E-state index contributed by atoms with van der Waals surface area (Å²) in [6.45, 7) is 4.03. The molecule has 1 aliphatic rings. The van der Waals surface area contributed by atoms with E-state index < -0.39 is 10.0 Å². The minimum atomic E-state index is -3.37. The zero-order chi connectivity index (χ0) is 13.2. The molecule has 2 atom stereocenters. The molecule has 0 heterocycles. The molecule has 3 nitrogen and oxygen atoms in total. The van der Waals surface area contributed by atoms with Gasteiger partial charge in [-0.1, -0.05) is 31.9 Å². The lowest BCUT2D eigenvalue weighted by atomic mass is 9.87. The largest absolute Gasteiger partial charge is 0.240 e. The van der Waals surface area contributed by atoms with E-state index in [2.05, 4.69) is 11.6 Å². The van der Waals surface area contributed by atoms with Gasteiger partial charge in [-0.25, -0.2) is 13.1 Å². The van der Waals surface area contributed by atoms with Crippen molar-refractivity contribution in [3.05, 3.63) is 29.8 Å². The van der Waals surface area contributed by atoms with Crippen LogP contribution in [-0.4, -0.2) is 14.5 Å². The van der Waals surface area contributed by atoms with Crippen molar-refractivity contribution >= 4 is 10.0 Å². The fourth-order valence-electron chi connectivity index (χ4n) is 2.54. The van der Waals surface area contributed by atoms with Gasteiger partial charge in [-0.3, -0.25) is 0 Å². The third-order valence-electron chi connectivity index (χ3n) is 3.72. The fourth-order valence-corrected chi connectivity index (χ4v) is 4.02. The molecule has 1 N–H and O–H groups in total. The van der Waals surface area contributed by atoms with E-state index in [-0.39, 0.29) is 6.04 Å². The number of hydrogen-bond donors (Lipinski definition) is 1. The summed E-state index contributed by atoms with van der Waals surface area (Å²) in [5, 5.41) is 0. The molecule has 1 saturated carbocycles. The number of rotatable bonds is 3. The van der Waals surface area contributed by atoms with E-state index in [0.717, 1.165) is 24.8 Å². The van der Waals surface area contributed by atoms with Gasteiger partial charge in [-0.2, -0.15) is 0 Å². The van der Waals surface area contributed by atoms with E-state index in [0.29, 0.717) is 10.8 Å². The van der Waals surface area contributed by atoms with Gasteiger partial charge in [0.2, 0.25) is 10.0 Å². The Morgan fingerprint density at radius 2 is 1.94 bits per heavy atom. The van der Waals surface area contributed by atoms with Crippen LogP contribution in [0.1, 0.15) is 38.2 Å². The van der Waals surface area contributed by atoms with E-state index in [9.17, 15) is 8.42 Å². The summed E-state index contributed by atoms with van der Waals surface area (Å²) in [6.07, 6.45) is 4.39. The Bertz CT molecular complexity index is 510. The first kappa shape index (κ1) is 13.6. The first-order chi connectivity index (χ1) is 8.49. The summed E-state index contributed by atoms with van der Waals surface area (Å²) in [7, 11) is -3.37. The number of nitrogens with one attached hydrogen (secondary N) is 1. The minimum absolute atomic E-state index is 0.0873. The van der Waals surface area contributed by atoms with Crippen LogP contribution in [0.25, 0.3) is 0 Å². The van der Waals surface area contributed by atoms with Crippen LogP contribution in [0.2, 0.25) is 0 Å². The first-order valence-electron chi connectivity index (χ1n) is 6.58. The molecule has 0 amide bonds. The van der Waals surface area contributed by atoms with E-state index in [1.54, 1.807) is 18.2 Å². The van der Waals surface area contributed by atoms with Crippen LogP contribution < -0.4 is 4.72 Å². The quantitative estimate of drug-likeness (QED) is 0.915. The second-order valence-corrected chi connectivity index (χ2v) is 7.02. The Morgan fingerprint density at radius 1 is 1.22 bits per heavy atom. The van der Waals surface area contributed by atoms with Gasteiger partial charge in [0, 0.05) is 6.04 Å². The molecular formula is C14H21NO2S. The molecule has 1 aromatic rings. The normalized spacial score (nSPS) is 25.0. The first-order valence-corrected chi connectivity index (χ1v) is 8.06. The van der Waals surface area contributed by atoms with Crippen molar-refractivity contribution in [3.63, 3.8) is 0 Å². The topological polar surface area (TPSA) is 46.2 Å². The summed E-state index contributed by atoms with van der Waals surface area (Å²) in [5.41, 5.74) is 0.967. The Hall–Kier alpha value is -0.870. The molecule has 1 aliphatic carbocycles. The van der Waals surface area contributed by atoms with Crippen molar-refractivity contribution in [1.29, 1.82) is 0 Å². The van der Waals surface area contributed by atoms with Gasteiger partial charge in [0.05, 0.1) is 4.90 Å². The van der Waals surface area contributed by atoms with Gasteiger partial charge in [0.25, 0.3) is 0 Å². The van der Waals surface area contributed by atoms with Crippen LogP contribution in [0.3, 0.4) is 0 Å². The summed E-state index contributed by atoms with van der Waals surface area (Å²) in [4.78, 5) is 0.375. The Labute approximate surface area is 110 Å². The van der Waals surface area contributed by atoms with Gasteiger partial charge in [-0.05, 0) is 43.4 Å². The fraction of sp³-hybridized carbons (Fsp3) is 0.571. The average molecular weight is 267 g/mol. The molecular weight excluding hydrogens is 246 g/mol. The number of sulfonamides is 1. The lowest BCUT2D eigenvalue weighted by Crippen LogP contribution is -2.40.